The number of hydrogen-bond acceptors (Lipinski definition) is 4. The Hall–Kier alpha value is -1.78. The lowest BCUT2D eigenvalue weighted by Gasteiger charge is -2.25. The first kappa shape index (κ1) is 18.0. The number of benzene rings is 2. The zero-order chi connectivity index (χ0) is 17.8. The molecule has 0 fully saturated rings. The van der Waals surface area contributed by atoms with Crippen molar-refractivity contribution in [3.8, 4) is 0 Å². The van der Waals surface area contributed by atoms with Crippen LogP contribution < -0.4 is 0 Å². The van der Waals surface area contributed by atoms with Crippen LogP contribution in [0.4, 0.5) is 0 Å². The Morgan fingerprint density at radius 3 is 2.44 bits per heavy atom. The summed E-state index contributed by atoms with van der Waals surface area (Å²) in [7, 11) is 0. The number of rotatable bonds is 5. The van der Waals surface area contributed by atoms with Gasteiger partial charge in [-0.05, 0) is 18.2 Å². The number of thioether (sulfide) groups is 2. The fourth-order valence-corrected chi connectivity index (χ4v) is 5.47. The Morgan fingerprint density at radius 1 is 1.12 bits per heavy atom. The highest BCUT2D eigenvalue weighted by molar-refractivity contribution is 8.22. The number of hydrogen-bond donors (Lipinski definition) is 0. The molecule has 0 saturated heterocycles. The molecule has 3 rings (SSSR count). The highest BCUT2D eigenvalue weighted by Crippen LogP contribution is 2.48. The maximum absolute atomic E-state index is 12.9. The van der Waals surface area contributed by atoms with E-state index in [1.165, 1.54) is 5.56 Å². The summed E-state index contributed by atoms with van der Waals surface area (Å²) in [5, 5.41) is 0.0782. The van der Waals surface area contributed by atoms with Gasteiger partial charge in [-0.15, -0.1) is 23.5 Å². The largest absolute Gasteiger partial charge is 0.294 e. The fraction of sp³-hybridized carbons (Fsp3) is 0.238. The van der Waals surface area contributed by atoms with Gasteiger partial charge in [-0.25, -0.2) is 0 Å². The second kappa shape index (κ2) is 8.07. The molecule has 4 heteroatoms. The van der Waals surface area contributed by atoms with Crippen molar-refractivity contribution in [1.82, 2.24) is 0 Å². The van der Waals surface area contributed by atoms with Crippen molar-refractivity contribution in [2.75, 3.05) is 5.75 Å². The van der Waals surface area contributed by atoms with Gasteiger partial charge in [0.1, 0.15) is 0 Å². The normalized spacial score (nSPS) is 17.7. The van der Waals surface area contributed by atoms with Crippen molar-refractivity contribution >= 4 is 35.1 Å². The van der Waals surface area contributed by atoms with E-state index in [0.717, 1.165) is 15.6 Å². The van der Waals surface area contributed by atoms with E-state index in [-0.39, 0.29) is 16.8 Å². The van der Waals surface area contributed by atoms with E-state index < -0.39 is 0 Å². The summed E-state index contributed by atoms with van der Waals surface area (Å²) in [4.78, 5) is 25.7. The Labute approximate surface area is 157 Å². The molecule has 1 unspecified atom stereocenters. The van der Waals surface area contributed by atoms with Gasteiger partial charge in [-0.3, -0.25) is 9.59 Å². The molecule has 0 aliphatic carbocycles. The van der Waals surface area contributed by atoms with Gasteiger partial charge in [0.15, 0.2) is 11.6 Å². The zero-order valence-electron chi connectivity index (χ0n) is 14.3. The average Bonchev–Trinajstić information content (AvgIpc) is 2.62. The molecule has 25 heavy (non-hydrogen) atoms. The maximum Gasteiger partial charge on any atom is 0.198 e. The van der Waals surface area contributed by atoms with E-state index in [2.05, 4.69) is 31.2 Å². The summed E-state index contributed by atoms with van der Waals surface area (Å²) in [5.74, 6) is 0.632. The Bertz CT molecular complexity index is 808. The lowest BCUT2D eigenvalue weighted by molar-refractivity contribution is -0.115. The second-order valence-electron chi connectivity index (χ2n) is 5.94. The molecule has 0 spiro atoms. The number of aryl methyl sites for hydroxylation is 1. The van der Waals surface area contributed by atoms with Crippen molar-refractivity contribution < 1.29 is 9.59 Å². The van der Waals surface area contributed by atoms with E-state index >= 15 is 0 Å². The molecule has 0 aromatic heterocycles. The molecule has 0 N–H and O–H groups in total. The highest BCUT2D eigenvalue weighted by Gasteiger charge is 2.33. The smallest absolute Gasteiger partial charge is 0.198 e. The Kier molecular flexibility index (Phi) is 5.82. The standard InChI is InChI=1S/C21H20O2S2/c1-3-24-21-19(20(23)16-7-5-4-6-8-16)17(22)13-18(25-21)15-11-9-14(2)10-12-15/h4-12,18H,3,13H2,1-2H3. The summed E-state index contributed by atoms with van der Waals surface area (Å²) in [6.45, 7) is 4.10. The fourth-order valence-electron chi connectivity index (χ4n) is 2.77. The van der Waals surface area contributed by atoms with Crippen LogP contribution in [0.2, 0.25) is 0 Å². The predicted octanol–water partition coefficient (Wildman–Crippen LogP) is 5.59. The van der Waals surface area contributed by atoms with Gasteiger partial charge in [-0.1, -0.05) is 67.1 Å². The number of Topliss-reactive ketones (excluding diaryl/α,β-unsaturated/α-hetero) is 2. The molecular formula is C21H20O2S2. The first-order valence-corrected chi connectivity index (χ1v) is 10.2. The van der Waals surface area contributed by atoms with E-state index in [9.17, 15) is 9.59 Å². The molecular weight excluding hydrogens is 348 g/mol. The van der Waals surface area contributed by atoms with Crippen LogP contribution in [0, 0.1) is 6.92 Å². The summed E-state index contributed by atoms with van der Waals surface area (Å²) in [6.07, 6.45) is 0.370. The molecule has 1 heterocycles. The minimum absolute atomic E-state index is 0.0471. The molecule has 0 radical (unpaired) electrons. The van der Waals surface area contributed by atoms with Gasteiger partial charge in [0.25, 0.3) is 0 Å². The van der Waals surface area contributed by atoms with Gasteiger partial charge in [0.05, 0.1) is 9.81 Å². The first-order valence-electron chi connectivity index (χ1n) is 8.33. The second-order valence-corrected chi connectivity index (χ2v) is 8.68. The van der Waals surface area contributed by atoms with Crippen molar-refractivity contribution in [3.63, 3.8) is 0 Å². The summed E-state index contributed by atoms with van der Waals surface area (Å²) in [5.41, 5.74) is 3.29. The molecule has 0 bridgehead atoms. The first-order chi connectivity index (χ1) is 12.1. The lowest BCUT2D eigenvalue weighted by Crippen LogP contribution is -2.20. The molecule has 2 nitrogen and oxygen atoms in total. The van der Waals surface area contributed by atoms with Crippen LogP contribution in [0.15, 0.2) is 64.4 Å². The van der Waals surface area contributed by atoms with Crippen LogP contribution in [0.5, 0.6) is 0 Å². The topological polar surface area (TPSA) is 34.1 Å². The van der Waals surface area contributed by atoms with Gasteiger partial charge in [-0.2, -0.15) is 0 Å². The third-order valence-corrected chi connectivity index (χ3v) is 6.63. The summed E-state index contributed by atoms with van der Waals surface area (Å²) < 4.78 is 0.859. The molecule has 128 valence electrons. The van der Waals surface area contributed by atoms with Crippen LogP contribution >= 0.6 is 23.5 Å². The van der Waals surface area contributed by atoms with Crippen LogP contribution in [-0.2, 0) is 4.79 Å². The van der Waals surface area contributed by atoms with Crippen molar-refractivity contribution in [1.29, 1.82) is 0 Å². The Balaban J connectivity index is 1.95. The van der Waals surface area contributed by atoms with Gasteiger partial charge < -0.3 is 0 Å². The molecule has 1 aliphatic rings. The van der Waals surface area contributed by atoms with E-state index in [0.29, 0.717) is 17.6 Å². The number of ketones is 2. The van der Waals surface area contributed by atoms with E-state index in [1.54, 1.807) is 35.7 Å². The quantitative estimate of drug-likeness (QED) is 0.509. The maximum atomic E-state index is 12.9. The van der Waals surface area contributed by atoms with E-state index in [4.69, 9.17) is 0 Å². The number of carbonyl (C=O) groups is 2. The summed E-state index contributed by atoms with van der Waals surface area (Å²) >= 11 is 3.24. The van der Waals surface area contributed by atoms with Gasteiger partial charge >= 0.3 is 0 Å². The molecule has 2 aromatic rings. The third kappa shape index (κ3) is 4.07. The van der Waals surface area contributed by atoms with Crippen molar-refractivity contribution in [2.24, 2.45) is 0 Å². The molecule has 1 atom stereocenters. The zero-order valence-corrected chi connectivity index (χ0v) is 16.0. The van der Waals surface area contributed by atoms with Crippen LogP contribution in [0.1, 0.15) is 40.1 Å². The summed E-state index contributed by atoms with van der Waals surface area (Å²) in [6, 6.07) is 17.4. The van der Waals surface area contributed by atoms with Crippen molar-refractivity contribution in [3.05, 3.63) is 81.1 Å². The van der Waals surface area contributed by atoms with Crippen LogP contribution in [-0.4, -0.2) is 17.3 Å². The number of allylic oxidation sites excluding steroid dienone is 1. The SMILES string of the molecule is CCSC1=C(C(=O)c2ccccc2)C(=O)CC(c2ccc(C)cc2)S1. The van der Waals surface area contributed by atoms with Crippen LogP contribution in [0.3, 0.4) is 0 Å². The molecule has 0 amide bonds. The predicted molar refractivity (Wildman–Crippen MR) is 107 cm³/mol. The lowest BCUT2D eigenvalue weighted by atomic mass is 9.96. The third-order valence-electron chi connectivity index (χ3n) is 4.09. The molecule has 2 aromatic carbocycles. The Morgan fingerprint density at radius 2 is 1.80 bits per heavy atom. The average molecular weight is 369 g/mol. The minimum Gasteiger partial charge on any atom is -0.294 e. The molecule has 0 saturated carbocycles. The number of carbonyl (C=O) groups excluding carboxylic acids is 2. The van der Waals surface area contributed by atoms with Crippen LogP contribution in [0.25, 0.3) is 0 Å². The van der Waals surface area contributed by atoms with E-state index in [1.807, 2.05) is 25.1 Å². The molecule has 1 aliphatic heterocycles. The highest BCUT2D eigenvalue weighted by atomic mass is 32.2. The minimum atomic E-state index is -0.156. The van der Waals surface area contributed by atoms with Gasteiger partial charge in [0, 0.05) is 17.2 Å². The van der Waals surface area contributed by atoms with Gasteiger partial charge in [0.2, 0.25) is 0 Å². The van der Waals surface area contributed by atoms with Crippen molar-refractivity contribution in [2.45, 2.75) is 25.5 Å². The monoisotopic (exact) mass is 368 g/mol.